The number of carboxylic acids is 1. The molecule has 4 amide bonds. The van der Waals surface area contributed by atoms with Gasteiger partial charge in [0.1, 0.15) is 19.8 Å². The lowest BCUT2D eigenvalue weighted by Gasteiger charge is -2.25. The van der Waals surface area contributed by atoms with Crippen molar-refractivity contribution in [2.45, 2.75) is 91.9 Å². The van der Waals surface area contributed by atoms with Crippen LogP contribution < -0.4 is 19.3 Å². The largest absolute Gasteiger partial charge is 0.484 e. The number of anilines is 2. The summed E-state index contributed by atoms with van der Waals surface area (Å²) in [6.07, 6.45) is 0.0139. The lowest BCUT2D eigenvalue weighted by molar-refractivity contribution is -0.386. The minimum absolute atomic E-state index is 0.00263. The number of ether oxygens (including phenoxy) is 13. The number of nitro benzene ring substituents is 2. The summed E-state index contributed by atoms with van der Waals surface area (Å²) in [5.74, 6) is -3.98. The molecule has 2 heterocycles. The Bertz CT molecular complexity index is 3140. The summed E-state index contributed by atoms with van der Waals surface area (Å²) in [6.45, 7) is 22.8. The third-order valence-corrected chi connectivity index (χ3v) is 14.4. The highest BCUT2D eigenvalue weighted by atomic mass is 16.6. The van der Waals surface area contributed by atoms with Crippen molar-refractivity contribution in [2.24, 2.45) is 0 Å². The average molecular weight is 1370 g/mol. The predicted molar refractivity (Wildman–Crippen MR) is 354 cm³/mol. The number of hydrogen-bond acceptors (Lipinski definition) is 24. The molecule has 97 heavy (non-hydrogen) atoms. The first-order chi connectivity index (χ1) is 46.5. The number of carboxylic acid groups (broad SMARTS) is 1. The fraction of sp³-hybridized carbons (Fsp3) is 0.559. The second kappa shape index (κ2) is 44.1. The minimum atomic E-state index is -0.859. The van der Waals surface area contributed by atoms with Crippen LogP contribution in [0.4, 0.5) is 22.7 Å². The number of aliphatic carboxylic acids is 1. The maximum atomic E-state index is 13.7. The number of methoxy groups -OCH3 is 2. The molecular weight excluding hydrogens is 1270 g/mol. The monoisotopic (exact) mass is 1370 g/mol. The molecule has 0 aliphatic carbocycles. The van der Waals surface area contributed by atoms with Gasteiger partial charge in [-0.05, 0) is 45.9 Å². The number of amides is 4. The van der Waals surface area contributed by atoms with Crippen LogP contribution in [0.15, 0.2) is 60.7 Å². The predicted octanol–water partition coefficient (Wildman–Crippen LogP) is 8.85. The first kappa shape index (κ1) is 81.5. The summed E-state index contributed by atoms with van der Waals surface area (Å²) in [6, 6.07) is 15.9. The number of aliphatic hydroxyl groups excluding tert-OH is 1. The van der Waals surface area contributed by atoms with Crippen LogP contribution in [0.3, 0.4) is 0 Å². The first-order valence-electron chi connectivity index (χ1n) is 32.1. The van der Waals surface area contributed by atoms with E-state index in [1.807, 2.05) is 91.8 Å². The summed E-state index contributed by atoms with van der Waals surface area (Å²) in [5.41, 5.74) is 3.42. The minimum Gasteiger partial charge on any atom is -0.484 e. The van der Waals surface area contributed by atoms with Crippen molar-refractivity contribution in [1.29, 1.82) is 0 Å². The number of rotatable bonds is 45. The van der Waals surface area contributed by atoms with Crippen LogP contribution in [0.25, 0.3) is 0 Å². The number of carbonyl (C=O) groups excluding carboxylic acids is 5. The molecule has 0 atom stereocenters. The van der Waals surface area contributed by atoms with E-state index in [1.54, 1.807) is 14.2 Å². The number of imide groups is 2. The molecule has 0 radical (unpaired) electrons. The molecule has 0 saturated carbocycles. The van der Waals surface area contributed by atoms with Gasteiger partial charge < -0.3 is 71.8 Å². The lowest BCUT2D eigenvalue weighted by atomic mass is 9.92. The van der Waals surface area contributed by atoms with E-state index < -0.39 is 56.8 Å². The molecule has 4 aromatic rings. The molecule has 0 aromatic heterocycles. The van der Waals surface area contributed by atoms with Gasteiger partial charge in [-0.3, -0.25) is 49.0 Å². The van der Waals surface area contributed by atoms with E-state index in [-0.39, 0.29) is 110 Å². The number of hydrogen-bond donors (Lipinski definition) is 2. The maximum Gasteiger partial charge on any atom is 0.311 e. The Morgan fingerprint density at radius 2 is 0.711 bits per heavy atom. The SMILES string of the molecule is CC(C)c1cccc(C(C)C)c1N1C(=O)c2cc(OCCO)c([N+](=O)[O-])cc2C1=O.COCCOCCOCCOCCOCCC(=O)O.COCCOCCOCCOCCOCCC(=O)OCCOc1cc2c(cc1[N+](=O)[O-])C(=O)N(c1c(C(C)C)cccc1C(C)C)C2=O. The fourth-order valence-corrected chi connectivity index (χ4v) is 9.63. The number of benzene rings is 4. The maximum absolute atomic E-state index is 13.7. The third-order valence-electron chi connectivity index (χ3n) is 14.4. The quantitative estimate of drug-likeness (QED) is 0.0137. The molecule has 536 valence electrons. The van der Waals surface area contributed by atoms with Gasteiger partial charge in [0.05, 0.1) is 182 Å². The zero-order chi connectivity index (χ0) is 71.4. The Balaban J connectivity index is 0.000000346. The normalized spacial score (nSPS) is 12.5. The van der Waals surface area contributed by atoms with E-state index in [9.17, 15) is 49.0 Å². The van der Waals surface area contributed by atoms with Gasteiger partial charge in [-0.15, -0.1) is 0 Å². The van der Waals surface area contributed by atoms with Gasteiger partial charge in [0, 0.05) is 38.5 Å². The second-order valence-corrected chi connectivity index (χ2v) is 22.7. The zero-order valence-corrected chi connectivity index (χ0v) is 57.1. The highest BCUT2D eigenvalue weighted by Crippen LogP contribution is 2.44. The van der Waals surface area contributed by atoms with E-state index >= 15 is 0 Å². The topological polar surface area (TPSA) is 356 Å². The van der Waals surface area contributed by atoms with Crippen molar-refractivity contribution in [3.8, 4) is 11.5 Å². The van der Waals surface area contributed by atoms with E-state index in [1.165, 1.54) is 12.1 Å². The van der Waals surface area contributed by atoms with Crippen molar-refractivity contribution in [3.63, 3.8) is 0 Å². The summed E-state index contributed by atoms with van der Waals surface area (Å²) in [5, 5.41) is 40.7. The van der Waals surface area contributed by atoms with Crippen LogP contribution in [0.1, 0.15) is 156 Å². The van der Waals surface area contributed by atoms with Gasteiger partial charge in [-0.1, -0.05) is 91.8 Å². The Kier molecular flexibility index (Phi) is 37.0. The number of nitro groups is 2. The third kappa shape index (κ3) is 25.8. The van der Waals surface area contributed by atoms with Crippen molar-refractivity contribution in [1.82, 2.24) is 0 Å². The molecule has 0 bridgehead atoms. The van der Waals surface area contributed by atoms with E-state index in [4.69, 9.17) is 71.8 Å². The van der Waals surface area contributed by atoms with Gasteiger partial charge in [0.2, 0.25) is 0 Å². The molecule has 0 saturated heterocycles. The molecule has 2 N–H and O–H groups in total. The smallest absolute Gasteiger partial charge is 0.311 e. The van der Waals surface area contributed by atoms with Gasteiger partial charge in [-0.2, -0.15) is 0 Å². The zero-order valence-electron chi connectivity index (χ0n) is 57.1. The summed E-state index contributed by atoms with van der Waals surface area (Å²) in [7, 11) is 3.24. The number of esters is 1. The first-order valence-corrected chi connectivity index (χ1v) is 32.1. The summed E-state index contributed by atoms with van der Waals surface area (Å²) >= 11 is 0. The highest BCUT2D eigenvalue weighted by molar-refractivity contribution is 6.36. The summed E-state index contributed by atoms with van der Waals surface area (Å²) < 4.78 is 67.9. The average Bonchev–Trinajstić information content (AvgIpc) is 1.61. The molecule has 0 fully saturated rings. The molecular formula is C68H94N4O25. The molecule has 6 rings (SSSR count). The Hall–Kier alpha value is -7.94. The Morgan fingerprint density at radius 1 is 0.423 bits per heavy atom. The fourth-order valence-electron chi connectivity index (χ4n) is 9.63. The van der Waals surface area contributed by atoms with Crippen molar-refractivity contribution in [2.75, 3.05) is 169 Å². The number of nitrogens with zero attached hydrogens (tertiary/aromatic N) is 4. The van der Waals surface area contributed by atoms with Crippen LogP contribution in [-0.4, -0.2) is 215 Å². The number of fused-ring (bicyclic) bond motifs is 2. The molecule has 29 nitrogen and oxygen atoms in total. The molecule has 29 heteroatoms. The molecule has 0 unspecified atom stereocenters. The highest BCUT2D eigenvalue weighted by Gasteiger charge is 2.43. The molecule has 4 aromatic carbocycles. The van der Waals surface area contributed by atoms with Crippen molar-refractivity contribution in [3.05, 3.63) is 125 Å². The molecule has 2 aliphatic heterocycles. The van der Waals surface area contributed by atoms with Gasteiger partial charge in [-0.25, -0.2) is 9.80 Å². The Morgan fingerprint density at radius 3 is 1.00 bits per heavy atom. The second-order valence-electron chi connectivity index (χ2n) is 22.7. The van der Waals surface area contributed by atoms with E-state index in [0.29, 0.717) is 117 Å². The molecule has 0 spiro atoms. The van der Waals surface area contributed by atoms with Crippen molar-refractivity contribution >= 4 is 58.3 Å². The van der Waals surface area contributed by atoms with Crippen LogP contribution >= 0.6 is 0 Å². The van der Waals surface area contributed by atoms with Crippen LogP contribution in [0.5, 0.6) is 11.5 Å². The van der Waals surface area contributed by atoms with Gasteiger partial charge >= 0.3 is 23.3 Å². The van der Waals surface area contributed by atoms with Gasteiger partial charge in [0.25, 0.3) is 23.6 Å². The number of carbonyl (C=O) groups is 6. The summed E-state index contributed by atoms with van der Waals surface area (Å²) in [4.78, 5) is 100. The number of aliphatic hydroxyl groups is 1. The van der Waals surface area contributed by atoms with E-state index in [0.717, 1.165) is 44.2 Å². The van der Waals surface area contributed by atoms with E-state index in [2.05, 4.69) is 0 Å². The van der Waals surface area contributed by atoms with Crippen LogP contribution in [0, 0.1) is 20.2 Å². The number of para-hydroxylation sites is 2. The van der Waals surface area contributed by atoms with Crippen LogP contribution in [-0.2, 0) is 61.7 Å². The van der Waals surface area contributed by atoms with Crippen LogP contribution in [0.2, 0.25) is 0 Å². The van der Waals surface area contributed by atoms with Crippen molar-refractivity contribution < 1.29 is 110 Å². The molecule has 2 aliphatic rings. The lowest BCUT2D eigenvalue weighted by Crippen LogP contribution is -2.31. The Labute approximate surface area is 565 Å². The van der Waals surface area contributed by atoms with Gasteiger partial charge in [0.15, 0.2) is 11.5 Å². The standard InChI is InChI=1S/C34H46N2O12.C22H24N2O6.C12H24O7/c1-23(2)25-7-6-8-26(24(3)4)32(25)35-33(38)27-21-29(36(40)41)30(22-28(27)34(35)39)47-19-20-48-31(37)9-10-43-13-14-45-17-18-46-16-15-44-12-11-42-5;1-12(2)14-6-5-7-15(13(3)4)20(14)23-21(26)16-10-18(24(28)29)19(30-9-8-25)11-17(16)22(23)27;1-15-4-5-17-8-9-19-11-10-18-7-6-16-3-2-12(13)14/h6-8,21-24H,9-20H2,1-5H3;5-7,10-13,25H,8-9H2,1-4H3;2-11H2,1H3,(H,13,14).